The van der Waals surface area contributed by atoms with Gasteiger partial charge in [-0.3, -0.25) is 4.79 Å². The molecule has 2 atom stereocenters. The van der Waals surface area contributed by atoms with E-state index in [4.69, 9.17) is 5.73 Å². The highest BCUT2D eigenvalue weighted by Crippen LogP contribution is 2.56. The summed E-state index contributed by atoms with van der Waals surface area (Å²) in [6, 6.07) is 4.09. The molecular formula is C13H21ClN2OS. The number of hydrogen-bond acceptors (Lipinski definition) is 3. The highest BCUT2D eigenvalue weighted by molar-refractivity contribution is 7.10. The smallest absolute Gasteiger partial charge is 0.234 e. The van der Waals surface area contributed by atoms with Gasteiger partial charge in [0, 0.05) is 18.0 Å². The molecule has 1 amide bonds. The lowest BCUT2D eigenvalue weighted by atomic mass is 9.99. The van der Waals surface area contributed by atoms with Gasteiger partial charge < -0.3 is 10.6 Å². The summed E-state index contributed by atoms with van der Waals surface area (Å²) < 4.78 is 0. The molecule has 0 aromatic carbocycles. The van der Waals surface area contributed by atoms with E-state index in [1.807, 2.05) is 30.2 Å². The van der Waals surface area contributed by atoms with E-state index in [1.165, 1.54) is 4.88 Å². The Balaban J connectivity index is 0.00000162. The first-order valence-corrected chi connectivity index (χ1v) is 7.12. The Hall–Kier alpha value is -0.580. The number of likely N-dealkylation sites (N-methyl/N-ethyl adjacent to an activating group) is 1. The van der Waals surface area contributed by atoms with E-state index in [0.29, 0.717) is 12.5 Å². The summed E-state index contributed by atoms with van der Waals surface area (Å²) in [6.07, 6.45) is 0.916. The molecule has 5 heteroatoms. The zero-order valence-corrected chi connectivity index (χ0v) is 12.5. The lowest BCUT2D eigenvalue weighted by Crippen LogP contribution is -2.40. The Labute approximate surface area is 119 Å². The van der Waals surface area contributed by atoms with Crippen LogP contribution < -0.4 is 5.73 Å². The van der Waals surface area contributed by atoms with Crippen LogP contribution in [0.3, 0.4) is 0 Å². The van der Waals surface area contributed by atoms with Crippen molar-refractivity contribution in [3.05, 3.63) is 22.4 Å². The average Bonchev–Trinajstić information content (AvgIpc) is 2.84. The van der Waals surface area contributed by atoms with Crippen molar-refractivity contribution in [2.45, 2.75) is 25.7 Å². The molecule has 18 heavy (non-hydrogen) atoms. The maximum Gasteiger partial charge on any atom is 0.234 e. The Bertz CT molecular complexity index is 392. The van der Waals surface area contributed by atoms with Crippen molar-refractivity contribution in [3.8, 4) is 0 Å². The minimum absolute atomic E-state index is 0. The molecule has 1 heterocycles. The van der Waals surface area contributed by atoms with E-state index in [2.05, 4.69) is 6.07 Å². The van der Waals surface area contributed by atoms with Crippen LogP contribution in [-0.2, 0) is 10.2 Å². The van der Waals surface area contributed by atoms with Crippen LogP contribution in [0.15, 0.2) is 17.5 Å². The quantitative estimate of drug-likeness (QED) is 0.903. The first-order valence-electron chi connectivity index (χ1n) is 6.24. The molecule has 1 saturated carbocycles. The zero-order valence-electron chi connectivity index (χ0n) is 10.9. The molecule has 0 aliphatic heterocycles. The van der Waals surface area contributed by atoms with Gasteiger partial charge in [0.15, 0.2) is 0 Å². The lowest BCUT2D eigenvalue weighted by molar-refractivity contribution is -0.133. The largest absolute Gasteiger partial charge is 0.342 e. The molecule has 0 saturated heterocycles. The van der Waals surface area contributed by atoms with Gasteiger partial charge in [0.1, 0.15) is 0 Å². The second kappa shape index (κ2) is 6.04. The van der Waals surface area contributed by atoms with Crippen molar-refractivity contribution in [2.75, 3.05) is 19.6 Å². The van der Waals surface area contributed by atoms with Gasteiger partial charge in [-0.05, 0) is 44.2 Å². The molecule has 3 nitrogen and oxygen atoms in total. The van der Waals surface area contributed by atoms with Crippen LogP contribution in [0, 0.1) is 5.92 Å². The standard InChI is InChI=1S/C13H20N2OS.ClH/c1-3-15(4-2)12(16)13(8-10(13)9-14)11-6-5-7-17-11;/h5-7,10H,3-4,8-9,14H2,1-2H3;1H/t10-,13-;/m1./s1. The number of carbonyl (C=O) groups is 1. The van der Waals surface area contributed by atoms with Crippen LogP contribution in [0.5, 0.6) is 0 Å². The van der Waals surface area contributed by atoms with Gasteiger partial charge in [-0.15, -0.1) is 23.7 Å². The van der Waals surface area contributed by atoms with Crippen LogP contribution in [0.4, 0.5) is 0 Å². The lowest BCUT2D eigenvalue weighted by Gasteiger charge is -2.25. The number of nitrogens with two attached hydrogens (primary N) is 1. The molecule has 0 radical (unpaired) electrons. The van der Waals surface area contributed by atoms with Gasteiger partial charge in [-0.25, -0.2) is 0 Å². The Morgan fingerprint density at radius 2 is 2.22 bits per heavy atom. The highest BCUT2D eigenvalue weighted by Gasteiger charge is 2.61. The predicted octanol–water partition coefficient (Wildman–Crippen LogP) is 2.25. The van der Waals surface area contributed by atoms with Crippen molar-refractivity contribution < 1.29 is 4.79 Å². The first-order chi connectivity index (χ1) is 8.20. The van der Waals surface area contributed by atoms with E-state index < -0.39 is 0 Å². The minimum atomic E-state index is -0.297. The first kappa shape index (κ1) is 15.5. The summed E-state index contributed by atoms with van der Waals surface area (Å²) in [7, 11) is 0. The van der Waals surface area contributed by atoms with Gasteiger partial charge in [-0.1, -0.05) is 6.07 Å². The molecule has 1 aliphatic carbocycles. The summed E-state index contributed by atoms with van der Waals surface area (Å²) in [5, 5.41) is 2.04. The monoisotopic (exact) mass is 288 g/mol. The number of nitrogens with zero attached hydrogens (tertiary/aromatic N) is 1. The Morgan fingerprint density at radius 3 is 2.61 bits per heavy atom. The van der Waals surface area contributed by atoms with E-state index >= 15 is 0 Å². The van der Waals surface area contributed by atoms with E-state index in [-0.39, 0.29) is 23.7 Å². The van der Waals surface area contributed by atoms with Crippen molar-refractivity contribution in [2.24, 2.45) is 11.7 Å². The molecule has 1 aliphatic rings. The summed E-state index contributed by atoms with van der Waals surface area (Å²) in [6.45, 7) is 6.22. The number of rotatable bonds is 5. The maximum atomic E-state index is 12.6. The van der Waals surface area contributed by atoms with Crippen LogP contribution in [-0.4, -0.2) is 30.4 Å². The van der Waals surface area contributed by atoms with Crippen LogP contribution >= 0.6 is 23.7 Å². The average molecular weight is 289 g/mol. The number of carbonyl (C=O) groups excluding carboxylic acids is 1. The van der Waals surface area contributed by atoms with E-state index in [9.17, 15) is 4.79 Å². The van der Waals surface area contributed by atoms with Gasteiger partial charge >= 0.3 is 0 Å². The van der Waals surface area contributed by atoms with Crippen molar-refractivity contribution in [1.29, 1.82) is 0 Å². The summed E-state index contributed by atoms with van der Waals surface area (Å²) in [5.74, 6) is 0.592. The second-order valence-corrected chi connectivity index (χ2v) is 5.51. The molecule has 2 N–H and O–H groups in total. The maximum absolute atomic E-state index is 12.6. The molecule has 0 bridgehead atoms. The third-order valence-corrected chi connectivity index (χ3v) is 4.83. The Morgan fingerprint density at radius 1 is 1.56 bits per heavy atom. The number of hydrogen-bond donors (Lipinski definition) is 1. The fourth-order valence-electron chi connectivity index (χ4n) is 2.61. The van der Waals surface area contributed by atoms with E-state index in [0.717, 1.165) is 19.5 Å². The van der Waals surface area contributed by atoms with Gasteiger partial charge in [0.25, 0.3) is 0 Å². The third kappa shape index (κ3) is 2.29. The molecule has 2 rings (SSSR count). The van der Waals surface area contributed by atoms with Crippen molar-refractivity contribution >= 4 is 29.7 Å². The molecular weight excluding hydrogens is 268 g/mol. The topological polar surface area (TPSA) is 46.3 Å². The number of amides is 1. The van der Waals surface area contributed by atoms with Crippen LogP contribution in [0.25, 0.3) is 0 Å². The zero-order chi connectivity index (χ0) is 12.5. The predicted molar refractivity (Wildman–Crippen MR) is 78.3 cm³/mol. The van der Waals surface area contributed by atoms with Gasteiger partial charge in [0.2, 0.25) is 5.91 Å². The molecule has 0 spiro atoms. The molecule has 102 valence electrons. The number of thiophene rings is 1. The molecule has 1 fully saturated rings. The minimum Gasteiger partial charge on any atom is -0.342 e. The summed E-state index contributed by atoms with van der Waals surface area (Å²) in [5.41, 5.74) is 5.47. The molecule has 1 aromatic rings. The molecule has 1 aromatic heterocycles. The van der Waals surface area contributed by atoms with Crippen molar-refractivity contribution in [1.82, 2.24) is 4.90 Å². The highest BCUT2D eigenvalue weighted by atomic mass is 35.5. The number of halogens is 1. The molecule has 0 unspecified atom stereocenters. The summed E-state index contributed by atoms with van der Waals surface area (Å²) in [4.78, 5) is 15.7. The Kier molecular flexibility index (Phi) is 5.20. The SMILES string of the molecule is CCN(CC)C(=O)[C@]1(c2cccs2)C[C@@H]1CN.Cl. The van der Waals surface area contributed by atoms with Crippen LogP contribution in [0.1, 0.15) is 25.1 Å². The summed E-state index contributed by atoms with van der Waals surface area (Å²) >= 11 is 1.68. The van der Waals surface area contributed by atoms with E-state index in [1.54, 1.807) is 11.3 Å². The third-order valence-electron chi connectivity index (χ3n) is 3.78. The fourth-order valence-corrected chi connectivity index (χ4v) is 3.62. The fraction of sp³-hybridized carbons (Fsp3) is 0.615. The van der Waals surface area contributed by atoms with Crippen molar-refractivity contribution in [3.63, 3.8) is 0 Å². The van der Waals surface area contributed by atoms with Crippen LogP contribution in [0.2, 0.25) is 0 Å². The second-order valence-electron chi connectivity index (χ2n) is 4.56. The normalized spacial score (nSPS) is 25.4. The van der Waals surface area contributed by atoms with Gasteiger partial charge in [0.05, 0.1) is 5.41 Å². The van der Waals surface area contributed by atoms with Gasteiger partial charge in [-0.2, -0.15) is 0 Å².